The number of rotatable bonds is 6. The zero-order valence-electron chi connectivity index (χ0n) is 11.1. The van der Waals surface area contributed by atoms with Crippen LogP contribution >= 0.6 is 43.2 Å². The van der Waals surface area contributed by atoms with E-state index in [-0.39, 0.29) is 0 Å². The molecule has 2 rings (SSSR count). The molecule has 114 valence electrons. The molecule has 0 fully saturated rings. The molecule has 0 aliphatic carbocycles. The minimum atomic E-state index is -3.45. The lowest BCUT2D eigenvalue weighted by Crippen LogP contribution is -2.25. The van der Waals surface area contributed by atoms with Crippen LogP contribution in [0.5, 0.6) is 5.75 Å². The first-order valence-corrected chi connectivity index (χ1v) is 9.88. The lowest BCUT2D eigenvalue weighted by molar-refractivity contribution is 0.409. The van der Waals surface area contributed by atoms with Gasteiger partial charge in [0.15, 0.2) is 0 Å². The molecule has 0 amide bonds. The van der Waals surface area contributed by atoms with Crippen molar-refractivity contribution in [2.24, 2.45) is 0 Å². The van der Waals surface area contributed by atoms with Crippen LogP contribution in [0.2, 0.25) is 0 Å². The molecule has 0 saturated heterocycles. The molecule has 2 aromatic rings. The molecule has 4 nitrogen and oxygen atoms in total. The smallest absolute Gasteiger partial charge is 0.250 e. The molecule has 0 aliphatic rings. The monoisotopic (exact) mass is 453 g/mol. The van der Waals surface area contributed by atoms with Gasteiger partial charge < -0.3 is 4.74 Å². The fourth-order valence-electron chi connectivity index (χ4n) is 1.78. The molecule has 21 heavy (non-hydrogen) atoms. The van der Waals surface area contributed by atoms with Crippen LogP contribution in [0.4, 0.5) is 0 Å². The van der Waals surface area contributed by atoms with Crippen LogP contribution in [0.15, 0.2) is 42.8 Å². The number of methoxy groups -OCH3 is 1. The number of hydrogen-bond donors (Lipinski definition) is 1. The summed E-state index contributed by atoms with van der Waals surface area (Å²) in [5.74, 6) is 0.747. The molecule has 0 atom stereocenters. The minimum absolute atomic E-state index is 0.301. The second kappa shape index (κ2) is 7.23. The summed E-state index contributed by atoms with van der Waals surface area (Å²) in [5.41, 5.74) is 0.946. The largest absolute Gasteiger partial charge is 0.496 e. The molecule has 0 radical (unpaired) electrons. The molecule has 0 saturated carbocycles. The zero-order chi connectivity index (χ0) is 15.5. The predicted molar refractivity (Wildman–Crippen MR) is 91.6 cm³/mol. The third-order valence-corrected chi connectivity index (χ3v) is 6.81. The summed E-state index contributed by atoms with van der Waals surface area (Å²) in [6.07, 6.45) is 0.550. The SMILES string of the molecule is COc1ccc(Br)cc1CCNS(=O)(=O)c1ccc(Br)s1. The van der Waals surface area contributed by atoms with Gasteiger partial charge in [0.2, 0.25) is 10.0 Å². The first-order chi connectivity index (χ1) is 9.92. The Morgan fingerprint density at radius 3 is 2.62 bits per heavy atom. The summed E-state index contributed by atoms with van der Waals surface area (Å²) in [4.78, 5) is 0. The van der Waals surface area contributed by atoms with E-state index < -0.39 is 10.0 Å². The van der Waals surface area contributed by atoms with Gasteiger partial charge in [-0.2, -0.15) is 0 Å². The first kappa shape index (κ1) is 17.0. The third-order valence-electron chi connectivity index (χ3n) is 2.74. The van der Waals surface area contributed by atoms with Crippen molar-refractivity contribution in [3.05, 3.63) is 44.2 Å². The lowest BCUT2D eigenvalue weighted by atomic mass is 10.1. The molecule has 1 N–H and O–H groups in total. The van der Waals surface area contributed by atoms with Crippen molar-refractivity contribution in [3.8, 4) is 5.75 Å². The maximum atomic E-state index is 12.1. The van der Waals surface area contributed by atoms with Crippen LogP contribution < -0.4 is 9.46 Å². The van der Waals surface area contributed by atoms with Gasteiger partial charge in [0.25, 0.3) is 0 Å². The fourth-order valence-corrected chi connectivity index (χ4v) is 5.27. The number of hydrogen-bond acceptors (Lipinski definition) is 4. The predicted octanol–water partition coefficient (Wildman–Crippen LogP) is 3.80. The number of thiophene rings is 1. The highest BCUT2D eigenvalue weighted by Gasteiger charge is 2.16. The molecule has 1 aromatic carbocycles. The van der Waals surface area contributed by atoms with Crippen LogP contribution in [-0.4, -0.2) is 22.1 Å². The van der Waals surface area contributed by atoms with Gasteiger partial charge in [0.1, 0.15) is 9.96 Å². The van der Waals surface area contributed by atoms with Crippen LogP contribution in [0.3, 0.4) is 0 Å². The first-order valence-electron chi connectivity index (χ1n) is 6.00. The van der Waals surface area contributed by atoms with E-state index in [0.717, 1.165) is 19.6 Å². The average molecular weight is 455 g/mol. The summed E-state index contributed by atoms with van der Waals surface area (Å²) < 4.78 is 34.1. The van der Waals surface area contributed by atoms with Crippen molar-refractivity contribution in [3.63, 3.8) is 0 Å². The van der Waals surface area contributed by atoms with Crippen molar-refractivity contribution in [1.29, 1.82) is 0 Å². The zero-order valence-corrected chi connectivity index (χ0v) is 15.9. The van der Waals surface area contributed by atoms with E-state index in [9.17, 15) is 8.42 Å². The quantitative estimate of drug-likeness (QED) is 0.722. The molecular formula is C13H13Br2NO3S2. The van der Waals surface area contributed by atoms with E-state index in [0.29, 0.717) is 17.2 Å². The summed E-state index contributed by atoms with van der Waals surface area (Å²) in [6, 6.07) is 8.96. The van der Waals surface area contributed by atoms with E-state index in [1.54, 1.807) is 19.2 Å². The Hall–Kier alpha value is -0.410. The Morgan fingerprint density at radius 2 is 2.00 bits per heavy atom. The lowest BCUT2D eigenvalue weighted by Gasteiger charge is -2.09. The second-order valence-corrected chi connectivity index (χ2v) is 9.53. The van der Waals surface area contributed by atoms with Crippen LogP contribution in [0, 0.1) is 0 Å². The van der Waals surface area contributed by atoms with Crippen molar-refractivity contribution in [2.75, 3.05) is 13.7 Å². The van der Waals surface area contributed by atoms with Crippen molar-refractivity contribution in [2.45, 2.75) is 10.6 Å². The molecule has 1 aromatic heterocycles. The number of sulfonamides is 1. The Labute approximate surface area is 144 Å². The molecule has 0 bridgehead atoms. The normalized spacial score (nSPS) is 11.6. The molecule has 0 unspecified atom stereocenters. The van der Waals surface area contributed by atoms with Crippen molar-refractivity contribution in [1.82, 2.24) is 4.72 Å². The number of benzene rings is 1. The van der Waals surface area contributed by atoms with E-state index >= 15 is 0 Å². The molecule has 8 heteroatoms. The maximum absolute atomic E-state index is 12.1. The van der Waals surface area contributed by atoms with E-state index in [4.69, 9.17) is 4.74 Å². The van der Waals surface area contributed by atoms with Gasteiger partial charge in [-0.1, -0.05) is 15.9 Å². The highest BCUT2D eigenvalue weighted by atomic mass is 79.9. The molecule has 0 aliphatic heterocycles. The van der Waals surface area contributed by atoms with Gasteiger partial charge in [-0.3, -0.25) is 0 Å². The van der Waals surface area contributed by atoms with E-state index in [1.165, 1.54) is 11.3 Å². The van der Waals surface area contributed by atoms with Crippen molar-refractivity contribution < 1.29 is 13.2 Å². The Kier molecular flexibility index (Phi) is 5.84. The Bertz CT molecular complexity index is 729. The van der Waals surface area contributed by atoms with Crippen molar-refractivity contribution >= 4 is 53.2 Å². The van der Waals surface area contributed by atoms with Gasteiger partial charge in [0.05, 0.1) is 10.9 Å². The number of ether oxygens (including phenoxy) is 1. The van der Waals surface area contributed by atoms with Crippen LogP contribution in [-0.2, 0) is 16.4 Å². The molecular weight excluding hydrogens is 442 g/mol. The molecule has 1 heterocycles. The number of halogens is 2. The highest BCUT2D eigenvalue weighted by Crippen LogP contribution is 2.26. The van der Waals surface area contributed by atoms with Gasteiger partial charge in [-0.05, 0) is 58.2 Å². The van der Waals surface area contributed by atoms with E-state index in [2.05, 4.69) is 36.6 Å². The van der Waals surface area contributed by atoms with Crippen LogP contribution in [0.25, 0.3) is 0 Å². The highest BCUT2D eigenvalue weighted by molar-refractivity contribution is 9.11. The standard InChI is InChI=1S/C13H13Br2NO3S2/c1-19-11-3-2-10(14)8-9(11)6-7-16-21(17,18)13-5-4-12(15)20-13/h2-5,8,16H,6-7H2,1H3. The van der Waals surface area contributed by atoms with Crippen LogP contribution in [0.1, 0.15) is 5.56 Å². The van der Waals surface area contributed by atoms with E-state index in [1.807, 2.05) is 18.2 Å². The minimum Gasteiger partial charge on any atom is -0.496 e. The fraction of sp³-hybridized carbons (Fsp3) is 0.231. The summed E-state index contributed by atoms with van der Waals surface area (Å²) in [7, 11) is -1.86. The topological polar surface area (TPSA) is 55.4 Å². The Balaban J connectivity index is 2.03. The van der Waals surface area contributed by atoms with Gasteiger partial charge in [0, 0.05) is 11.0 Å². The van der Waals surface area contributed by atoms with Gasteiger partial charge in [-0.25, -0.2) is 13.1 Å². The molecule has 0 spiro atoms. The summed E-state index contributed by atoms with van der Waals surface area (Å²) in [5, 5.41) is 0. The number of nitrogens with one attached hydrogen (secondary N) is 1. The van der Waals surface area contributed by atoms with Gasteiger partial charge in [-0.15, -0.1) is 11.3 Å². The summed E-state index contributed by atoms with van der Waals surface area (Å²) >= 11 is 7.84. The second-order valence-electron chi connectivity index (χ2n) is 4.16. The maximum Gasteiger partial charge on any atom is 0.250 e. The van der Waals surface area contributed by atoms with Gasteiger partial charge >= 0.3 is 0 Å². The third kappa shape index (κ3) is 4.53. The Morgan fingerprint density at radius 1 is 1.24 bits per heavy atom. The average Bonchev–Trinajstić information content (AvgIpc) is 2.86. The summed E-state index contributed by atoms with van der Waals surface area (Å²) in [6.45, 7) is 0.310.